The summed E-state index contributed by atoms with van der Waals surface area (Å²) in [5, 5.41) is 15.8. The van der Waals surface area contributed by atoms with Crippen molar-refractivity contribution in [3.05, 3.63) is 54.2 Å². The first-order valence-electron chi connectivity index (χ1n) is 7.73. The smallest absolute Gasteiger partial charge is 0.416 e. The van der Waals surface area contributed by atoms with Gasteiger partial charge in [0.25, 0.3) is 0 Å². The molecule has 0 amide bonds. The Morgan fingerprint density at radius 1 is 1.00 bits per heavy atom. The maximum atomic E-state index is 13.1. The number of nitrogens with zero attached hydrogens (tertiary/aromatic N) is 6. The SMILES string of the molecule is COc1ccc(-n2c(-c3cccnn3)nc3cc(C(F)(F)F)ccc32)nn1. The van der Waals surface area contributed by atoms with Gasteiger partial charge in [-0.3, -0.25) is 4.57 Å². The van der Waals surface area contributed by atoms with E-state index in [9.17, 15) is 13.2 Å². The van der Waals surface area contributed by atoms with Crippen LogP contribution in [0.2, 0.25) is 0 Å². The summed E-state index contributed by atoms with van der Waals surface area (Å²) in [5.74, 6) is 0.971. The molecule has 0 N–H and O–H groups in total. The highest BCUT2D eigenvalue weighted by atomic mass is 19.4. The molecule has 4 aromatic rings. The summed E-state index contributed by atoms with van der Waals surface area (Å²) in [6.45, 7) is 0. The Balaban J connectivity index is 1.98. The van der Waals surface area contributed by atoms with E-state index in [1.165, 1.54) is 19.4 Å². The first-order valence-corrected chi connectivity index (χ1v) is 7.73. The molecule has 0 saturated carbocycles. The lowest BCUT2D eigenvalue weighted by Crippen LogP contribution is -2.05. The van der Waals surface area contributed by atoms with Gasteiger partial charge >= 0.3 is 6.18 Å². The van der Waals surface area contributed by atoms with E-state index in [-0.39, 0.29) is 5.52 Å². The van der Waals surface area contributed by atoms with Gasteiger partial charge in [0.2, 0.25) is 5.88 Å². The number of fused-ring (bicyclic) bond motifs is 1. The van der Waals surface area contributed by atoms with Crippen LogP contribution >= 0.6 is 0 Å². The highest BCUT2D eigenvalue weighted by molar-refractivity contribution is 5.83. The number of methoxy groups -OCH3 is 1. The topological polar surface area (TPSA) is 78.6 Å². The Kier molecular flexibility index (Phi) is 3.94. The van der Waals surface area contributed by atoms with Crippen molar-refractivity contribution in [2.75, 3.05) is 7.11 Å². The van der Waals surface area contributed by atoms with Crippen molar-refractivity contribution in [3.8, 4) is 23.2 Å². The largest absolute Gasteiger partial charge is 0.480 e. The monoisotopic (exact) mass is 372 g/mol. The lowest BCUT2D eigenvalue weighted by Gasteiger charge is -2.08. The summed E-state index contributed by atoms with van der Waals surface area (Å²) < 4.78 is 45.7. The molecule has 0 spiro atoms. The first kappa shape index (κ1) is 16.9. The molecule has 10 heteroatoms. The molecule has 0 aliphatic carbocycles. The summed E-state index contributed by atoms with van der Waals surface area (Å²) in [4.78, 5) is 4.34. The van der Waals surface area contributed by atoms with Gasteiger partial charge in [0.15, 0.2) is 11.6 Å². The number of imidazole rings is 1. The van der Waals surface area contributed by atoms with Crippen LogP contribution in [0.1, 0.15) is 5.56 Å². The van der Waals surface area contributed by atoms with Crippen molar-refractivity contribution in [1.82, 2.24) is 29.9 Å². The highest BCUT2D eigenvalue weighted by Gasteiger charge is 2.31. The normalized spacial score (nSPS) is 11.7. The third-order valence-electron chi connectivity index (χ3n) is 3.85. The molecule has 0 fully saturated rings. The molecule has 4 rings (SSSR count). The van der Waals surface area contributed by atoms with Crippen molar-refractivity contribution in [2.45, 2.75) is 6.18 Å². The van der Waals surface area contributed by atoms with Gasteiger partial charge < -0.3 is 4.74 Å². The Morgan fingerprint density at radius 3 is 2.48 bits per heavy atom. The van der Waals surface area contributed by atoms with Gasteiger partial charge in [0.05, 0.1) is 23.7 Å². The number of alkyl halides is 3. The second-order valence-electron chi connectivity index (χ2n) is 5.51. The van der Waals surface area contributed by atoms with Crippen LogP contribution in [-0.4, -0.2) is 37.1 Å². The number of hydrogen-bond donors (Lipinski definition) is 0. The van der Waals surface area contributed by atoms with Crippen LogP contribution in [-0.2, 0) is 6.18 Å². The molecule has 0 aliphatic rings. The van der Waals surface area contributed by atoms with Gasteiger partial charge in [-0.1, -0.05) is 0 Å². The van der Waals surface area contributed by atoms with Gasteiger partial charge in [0.1, 0.15) is 5.69 Å². The minimum Gasteiger partial charge on any atom is -0.480 e. The van der Waals surface area contributed by atoms with Crippen molar-refractivity contribution in [1.29, 1.82) is 0 Å². The van der Waals surface area contributed by atoms with Crippen LogP contribution in [0.4, 0.5) is 13.2 Å². The van der Waals surface area contributed by atoms with Crippen molar-refractivity contribution in [3.63, 3.8) is 0 Å². The first-order chi connectivity index (χ1) is 13.0. The van der Waals surface area contributed by atoms with Gasteiger partial charge in [-0.25, -0.2) is 4.98 Å². The van der Waals surface area contributed by atoms with E-state index in [0.717, 1.165) is 12.1 Å². The highest BCUT2D eigenvalue weighted by Crippen LogP contribution is 2.33. The molecule has 7 nitrogen and oxygen atoms in total. The van der Waals surface area contributed by atoms with Crippen LogP contribution in [0.15, 0.2) is 48.7 Å². The van der Waals surface area contributed by atoms with E-state index in [0.29, 0.717) is 28.7 Å². The average molecular weight is 372 g/mol. The molecule has 0 aliphatic heterocycles. The lowest BCUT2D eigenvalue weighted by molar-refractivity contribution is -0.137. The number of aromatic nitrogens is 6. The summed E-state index contributed by atoms with van der Waals surface area (Å²) in [6.07, 6.45) is -2.98. The Morgan fingerprint density at radius 2 is 1.85 bits per heavy atom. The molecule has 0 bridgehead atoms. The Bertz CT molecular complexity index is 1090. The summed E-state index contributed by atoms with van der Waals surface area (Å²) in [5.41, 5.74) is 0.192. The number of hydrogen-bond acceptors (Lipinski definition) is 6. The number of benzene rings is 1. The van der Waals surface area contributed by atoms with E-state index in [1.807, 2.05) is 0 Å². The minimum atomic E-state index is -4.47. The Labute approximate surface area is 150 Å². The van der Waals surface area contributed by atoms with Crippen LogP contribution in [0.25, 0.3) is 28.4 Å². The predicted octanol–water partition coefficient (Wildman–Crippen LogP) is 3.30. The molecule has 27 heavy (non-hydrogen) atoms. The zero-order chi connectivity index (χ0) is 19.0. The fraction of sp³-hybridized carbons (Fsp3) is 0.118. The third-order valence-corrected chi connectivity index (χ3v) is 3.85. The predicted molar refractivity (Wildman–Crippen MR) is 89.2 cm³/mol. The number of halogens is 3. The number of rotatable bonds is 3. The maximum absolute atomic E-state index is 13.1. The molecule has 0 radical (unpaired) electrons. The Hall–Kier alpha value is -3.56. The van der Waals surface area contributed by atoms with Crippen molar-refractivity contribution >= 4 is 11.0 Å². The van der Waals surface area contributed by atoms with Crippen LogP contribution < -0.4 is 4.74 Å². The maximum Gasteiger partial charge on any atom is 0.416 e. The van der Waals surface area contributed by atoms with E-state index in [1.54, 1.807) is 28.8 Å². The molecular weight excluding hydrogens is 361 g/mol. The van der Waals surface area contributed by atoms with Gasteiger partial charge in [0, 0.05) is 12.3 Å². The molecule has 3 heterocycles. The molecular formula is C17H11F3N6O. The third kappa shape index (κ3) is 3.05. The van der Waals surface area contributed by atoms with Crippen LogP contribution in [0.5, 0.6) is 5.88 Å². The van der Waals surface area contributed by atoms with E-state index < -0.39 is 11.7 Å². The van der Waals surface area contributed by atoms with E-state index >= 15 is 0 Å². The van der Waals surface area contributed by atoms with Crippen LogP contribution in [0.3, 0.4) is 0 Å². The van der Waals surface area contributed by atoms with Crippen LogP contribution in [0, 0.1) is 0 Å². The summed E-state index contributed by atoms with van der Waals surface area (Å²) in [7, 11) is 1.46. The quantitative estimate of drug-likeness (QED) is 0.549. The zero-order valence-corrected chi connectivity index (χ0v) is 13.8. The molecule has 136 valence electrons. The zero-order valence-electron chi connectivity index (χ0n) is 13.8. The second kappa shape index (κ2) is 6.31. The average Bonchev–Trinajstić information content (AvgIpc) is 3.07. The minimum absolute atomic E-state index is 0.156. The molecule has 0 atom stereocenters. The fourth-order valence-electron chi connectivity index (χ4n) is 2.62. The van der Waals surface area contributed by atoms with E-state index in [2.05, 4.69) is 25.4 Å². The van der Waals surface area contributed by atoms with Gasteiger partial charge in [-0.15, -0.1) is 15.3 Å². The number of ether oxygens (including phenoxy) is 1. The molecule has 0 saturated heterocycles. The van der Waals surface area contributed by atoms with Crippen molar-refractivity contribution in [2.24, 2.45) is 0 Å². The van der Waals surface area contributed by atoms with Gasteiger partial charge in [-0.05, 0) is 36.4 Å². The van der Waals surface area contributed by atoms with E-state index in [4.69, 9.17) is 4.74 Å². The molecule has 1 aromatic carbocycles. The fourth-order valence-corrected chi connectivity index (χ4v) is 2.62. The standard InChI is InChI=1S/C17H11F3N6O/c1-27-15-7-6-14(24-25-15)26-13-5-4-10(17(18,19)20)9-12(13)22-16(26)11-3-2-8-21-23-11/h2-9H,1H3. The lowest BCUT2D eigenvalue weighted by atomic mass is 10.2. The van der Waals surface area contributed by atoms with Crippen molar-refractivity contribution < 1.29 is 17.9 Å². The summed E-state index contributed by atoms with van der Waals surface area (Å²) >= 11 is 0. The van der Waals surface area contributed by atoms with Gasteiger partial charge in [-0.2, -0.15) is 18.3 Å². The summed E-state index contributed by atoms with van der Waals surface area (Å²) in [6, 6.07) is 9.87. The molecule has 0 unspecified atom stereocenters. The molecule has 3 aromatic heterocycles. The second-order valence-corrected chi connectivity index (χ2v) is 5.51.